The fourth-order valence-corrected chi connectivity index (χ4v) is 5.09. The normalized spacial score (nSPS) is 25.1. The maximum atomic E-state index is 13.9. The maximum absolute atomic E-state index is 13.9. The van der Waals surface area contributed by atoms with E-state index in [9.17, 15) is 23.2 Å². The first-order valence-electron chi connectivity index (χ1n) is 10.2. The molecule has 2 aliphatic rings. The van der Waals surface area contributed by atoms with E-state index >= 15 is 0 Å². The lowest BCUT2D eigenvalue weighted by Crippen LogP contribution is -2.72. The molecule has 0 bridgehead atoms. The number of nitrogens with zero attached hydrogens (tertiary/aromatic N) is 2. The Labute approximate surface area is 193 Å². The van der Waals surface area contributed by atoms with Crippen LogP contribution < -0.4 is 16.0 Å². The molecule has 2 aromatic rings. The van der Waals surface area contributed by atoms with Crippen molar-refractivity contribution in [2.24, 2.45) is 5.92 Å². The van der Waals surface area contributed by atoms with E-state index in [1.165, 1.54) is 23.7 Å². The summed E-state index contributed by atoms with van der Waals surface area (Å²) in [4.78, 5) is 40.5. The number of amides is 4. The highest BCUT2D eigenvalue weighted by Crippen LogP contribution is 2.34. The number of imide groups is 1. The van der Waals surface area contributed by atoms with Crippen LogP contribution in [0, 0.1) is 17.6 Å². The van der Waals surface area contributed by atoms with Gasteiger partial charge in [0.1, 0.15) is 11.6 Å². The van der Waals surface area contributed by atoms with Crippen molar-refractivity contribution in [1.29, 1.82) is 0 Å². The van der Waals surface area contributed by atoms with Crippen LogP contribution in [0.1, 0.15) is 11.7 Å². The predicted octanol–water partition coefficient (Wildman–Crippen LogP) is 2.32. The van der Waals surface area contributed by atoms with Crippen LogP contribution in [0.4, 0.5) is 19.3 Å². The van der Waals surface area contributed by atoms with Crippen LogP contribution in [0.2, 0.25) is 0 Å². The molecule has 0 spiro atoms. The molecule has 8 nitrogen and oxygen atoms in total. The van der Waals surface area contributed by atoms with Gasteiger partial charge in [-0.2, -0.15) is 0 Å². The molecule has 2 fully saturated rings. The van der Waals surface area contributed by atoms with Crippen LogP contribution in [0.3, 0.4) is 0 Å². The molecule has 4 rings (SSSR count). The highest BCUT2D eigenvalue weighted by atomic mass is 32.2. The molecule has 4 atom stereocenters. The van der Waals surface area contributed by atoms with Crippen LogP contribution >= 0.6 is 11.8 Å². The number of rotatable bonds is 5. The fraction of sp³-hybridized carbons (Fsp3) is 0.318. The van der Waals surface area contributed by atoms with Gasteiger partial charge in [0.2, 0.25) is 11.8 Å². The summed E-state index contributed by atoms with van der Waals surface area (Å²) in [5.74, 6) is -3.22. The van der Waals surface area contributed by atoms with E-state index in [1.54, 1.807) is 7.05 Å². The molecule has 0 saturated carbocycles. The number of thioether (sulfide) groups is 1. The van der Waals surface area contributed by atoms with E-state index in [-0.39, 0.29) is 23.5 Å². The quantitative estimate of drug-likeness (QED) is 0.615. The first-order valence-corrected chi connectivity index (χ1v) is 11.3. The second-order valence-corrected chi connectivity index (χ2v) is 8.97. The monoisotopic (exact) mass is 475 g/mol. The molecular weight excluding hydrogens is 452 g/mol. The van der Waals surface area contributed by atoms with Gasteiger partial charge in [-0.1, -0.05) is 30.3 Å². The largest absolute Gasteiger partial charge is 0.327 e. The summed E-state index contributed by atoms with van der Waals surface area (Å²) in [6, 6.07) is 11.9. The minimum atomic E-state index is -0.873. The summed E-state index contributed by atoms with van der Waals surface area (Å²) in [6.45, 7) is 0. The Kier molecular flexibility index (Phi) is 6.63. The third-order valence-corrected chi connectivity index (χ3v) is 6.91. The first kappa shape index (κ1) is 23.1. The van der Waals surface area contributed by atoms with Crippen molar-refractivity contribution in [2.45, 2.75) is 17.7 Å². The van der Waals surface area contributed by atoms with Crippen molar-refractivity contribution in [1.82, 2.24) is 20.4 Å². The highest BCUT2D eigenvalue weighted by Gasteiger charge is 2.51. The number of fused-ring (bicyclic) bond motifs is 1. The minimum absolute atomic E-state index is 0.0894. The number of carbonyl (C=O) groups is 3. The number of hydrogen-bond donors (Lipinski definition) is 3. The summed E-state index contributed by atoms with van der Waals surface area (Å²) < 4.78 is 27.0. The zero-order chi connectivity index (χ0) is 23.7. The number of hydrogen-bond acceptors (Lipinski definition) is 6. The molecule has 2 aromatic carbocycles. The standard InChI is InChI=1S/C22H23F2N5O3S/c1-28-19-17(21(31)29(2)22(28)32)20(27-18(26-19)12-6-4-3-5-7-12)33-11-16(30)25-15-9-8-13(23)10-14(15)24/h3-10,17-20,26-27H,11H2,1-2H3,(H,25,30). The van der Waals surface area contributed by atoms with E-state index in [0.29, 0.717) is 6.07 Å². The van der Waals surface area contributed by atoms with Crippen LogP contribution in [0.15, 0.2) is 48.5 Å². The number of urea groups is 1. The highest BCUT2D eigenvalue weighted by molar-refractivity contribution is 8.00. The van der Waals surface area contributed by atoms with Gasteiger partial charge in [0.05, 0.1) is 35.1 Å². The van der Waals surface area contributed by atoms with E-state index in [1.807, 2.05) is 30.3 Å². The van der Waals surface area contributed by atoms with E-state index in [0.717, 1.165) is 22.6 Å². The molecule has 4 amide bonds. The second-order valence-electron chi connectivity index (χ2n) is 7.84. The average molecular weight is 476 g/mol. The third-order valence-electron chi connectivity index (χ3n) is 5.69. The average Bonchev–Trinajstić information content (AvgIpc) is 2.81. The number of nitrogens with one attached hydrogen (secondary N) is 3. The zero-order valence-corrected chi connectivity index (χ0v) is 18.7. The van der Waals surface area contributed by atoms with Crippen molar-refractivity contribution in [3.63, 3.8) is 0 Å². The summed E-state index contributed by atoms with van der Waals surface area (Å²) in [7, 11) is 3.04. The number of benzene rings is 2. The van der Waals surface area contributed by atoms with Gasteiger partial charge in [-0.05, 0) is 17.7 Å². The fourth-order valence-electron chi connectivity index (χ4n) is 3.98. The lowest BCUT2D eigenvalue weighted by molar-refractivity contribution is -0.140. The van der Waals surface area contributed by atoms with E-state index in [4.69, 9.17) is 0 Å². The molecule has 174 valence electrons. The molecule has 0 radical (unpaired) electrons. The smallest absolute Gasteiger partial charge is 0.323 e. The van der Waals surface area contributed by atoms with Gasteiger partial charge in [-0.15, -0.1) is 11.8 Å². The third kappa shape index (κ3) is 4.70. The van der Waals surface area contributed by atoms with Gasteiger partial charge in [-0.25, -0.2) is 13.6 Å². The predicted molar refractivity (Wildman–Crippen MR) is 120 cm³/mol. The van der Waals surface area contributed by atoms with E-state index in [2.05, 4.69) is 16.0 Å². The topological polar surface area (TPSA) is 93.8 Å². The molecule has 2 saturated heterocycles. The Hall–Kier alpha value is -3.02. The van der Waals surface area contributed by atoms with Crippen molar-refractivity contribution < 1.29 is 23.2 Å². The van der Waals surface area contributed by atoms with Crippen molar-refractivity contribution in [2.75, 3.05) is 25.2 Å². The molecule has 33 heavy (non-hydrogen) atoms. The molecule has 4 unspecified atom stereocenters. The van der Waals surface area contributed by atoms with Crippen molar-refractivity contribution in [3.05, 3.63) is 65.7 Å². The molecule has 11 heteroatoms. The lowest BCUT2D eigenvalue weighted by Gasteiger charge is -2.50. The van der Waals surface area contributed by atoms with Crippen molar-refractivity contribution in [3.8, 4) is 0 Å². The van der Waals surface area contributed by atoms with Gasteiger partial charge in [0, 0.05) is 20.2 Å². The Morgan fingerprint density at radius 3 is 2.52 bits per heavy atom. The molecule has 2 aliphatic heterocycles. The van der Waals surface area contributed by atoms with Crippen LogP contribution in [0.25, 0.3) is 0 Å². The van der Waals surface area contributed by atoms with Crippen molar-refractivity contribution >= 4 is 35.3 Å². The van der Waals surface area contributed by atoms with Gasteiger partial charge in [-0.3, -0.25) is 25.1 Å². The Bertz CT molecular complexity index is 1070. The SMILES string of the molecule is CN1C(=O)C2C(SCC(=O)Nc3ccc(F)cc3F)NC(c3ccccc3)NC2N(C)C1=O. The number of anilines is 1. The molecular formula is C22H23F2N5O3S. The summed E-state index contributed by atoms with van der Waals surface area (Å²) in [5.41, 5.74) is 0.783. The summed E-state index contributed by atoms with van der Waals surface area (Å²) >= 11 is 1.18. The Morgan fingerprint density at radius 2 is 1.82 bits per heavy atom. The molecule has 2 heterocycles. The molecule has 0 aromatic heterocycles. The van der Waals surface area contributed by atoms with E-state index < -0.39 is 41.0 Å². The Balaban J connectivity index is 1.52. The van der Waals surface area contributed by atoms with Crippen LogP contribution in [0.5, 0.6) is 0 Å². The summed E-state index contributed by atoms with van der Waals surface area (Å²) in [5, 5.41) is 8.58. The maximum Gasteiger partial charge on any atom is 0.327 e. The number of halogens is 2. The molecule has 3 N–H and O–H groups in total. The number of carbonyl (C=O) groups excluding carboxylic acids is 3. The summed E-state index contributed by atoms with van der Waals surface area (Å²) in [6.07, 6.45) is -0.947. The van der Waals surface area contributed by atoms with Crippen LogP contribution in [-0.2, 0) is 9.59 Å². The van der Waals surface area contributed by atoms with Gasteiger partial charge >= 0.3 is 6.03 Å². The Morgan fingerprint density at radius 1 is 1.09 bits per heavy atom. The lowest BCUT2D eigenvalue weighted by atomic mass is 9.96. The van der Waals surface area contributed by atoms with Gasteiger partial charge in [0.25, 0.3) is 0 Å². The minimum Gasteiger partial charge on any atom is -0.323 e. The van der Waals surface area contributed by atoms with Crippen LogP contribution in [-0.4, -0.2) is 59.0 Å². The zero-order valence-electron chi connectivity index (χ0n) is 17.9. The van der Waals surface area contributed by atoms with Gasteiger partial charge < -0.3 is 10.2 Å². The molecule has 0 aliphatic carbocycles. The van der Waals surface area contributed by atoms with Gasteiger partial charge in [0.15, 0.2) is 0 Å². The second kappa shape index (κ2) is 9.46. The first-order chi connectivity index (χ1) is 15.8.